The van der Waals surface area contributed by atoms with Crippen LogP contribution in [0.3, 0.4) is 0 Å². The summed E-state index contributed by atoms with van der Waals surface area (Å²) < 4.78 is 9.14. The number of hydrogen-bond donors (Lipinski definition) is 0. The third-order valence-corrected chi connectivity index (χ3v) is 4.00. The van der Waals surface area contributed by atoms with Gasteiger partial charge >= 0.3 is 11.9 Å². The van der Waals surface area contributed by atoms with E-state index in [1.165, 1.54) is 7.11 Å². The molecule has 0 spiro atoms. The Bertz CT molecular complexity index is 577. The van der Waals surface area contributed by atoms with E-state index in [0.29, 0.717) is 25.7 Å². The number of rotatable bonds is 3. The second-order valence-electron chi connectivity index (χ2n) is 5.82. The number of esters is 2. The molecule has 0 aromatic heterocycles. The Labute approximate surface area is 145 Å². The van der Waals surface area contributed by atoms with E-state index in [1.54, 1.807) is 6.92 Å². The van der Waals surface area contributed by atoms with Crippen molar-refractivity contribution >= 4 is 35.1 Å². The minimum Gasteiger partial charge on any atom is -0.468 e. The van der Waals surface area contributed by atoms with Crippen LogP contribution in [-0.4, -0.2) is 48.8 Å². The fourth-order valence-electron chi connectivity index (χ4n) is 2.63. The minimum atomic E-state index is -0.701. The lowest BCUT2D eigenvalue weighted by atomic mass is 9.87. The van der Waals surface area contributed by atoms with Gasteiger partial charge in [0.2, 0.25) is 0 Å². The first-order valence-corrected chi connectivity index (χ1v) is 8.13. The molecule has 138 valence electrons. The lowest BCUT2D eigenvalue weighted by Crippen LogP contribution is -2.32. The normalized spacial score (nSPS) is 23.4. The van der Waals surface area contributed by atoms with E-state index in [-0.39, 0.29) is 42.6 Å². The summed E-state index contributed by atoms with van der Waals surface area (Å²) in [5.74, 6) is -3.17. The van der Waals surface area contributed by atoms with Crippen LogP contribution in [0.1, 0.15) is 45.4 Å². The Morgan fingerprint density at radius 3 is 1.68 bits per heavy atom. The fourth-order valence-corrected chi connectivity index (χ4v) is 2.63. The molecular weight excluding hydrogens is 332 g/mol. The number of hydrogen-bond acceptors (Lipinski definition) is 8. The maximum absolute atomic E-state index is 11.2. The first kappa shape index (κ1) is 20.7. The highest BCUT2D eigenvalue weighted by Gasteiger charge is 2.34. The summed E-state index contributed by atoms with van der Waals surface area (Å²) in [6, 6.07) is 0. The second kappa shape index (κ2) is 9.80. The number of Topliss-reactive ketones (excluding diaryl/α,β-unsaturated/α-hetero) is 4. The molecule has 0 aromatic carbocycles. The van der Waals surface area contributed by atoms with Crippen LogP contribution >= 0.6 is 0 Å². The maximum Gasteiger partial charge on any atom is 0.316 e. The van der Waals surface area contributed by atoms with Crippen LogP contribution in [0, 0.1) is 11.8 Å². The van der Waals surface area contributed by atoms with Gasteiger partial charge in [0, 0.05) is 12.8 Å². The number of carbonyl (C=O) groups is 6. The summed E-state index contributed by atoms with van der Waals surface area (Å²) in [6.07, 6.45) is 1.03. The SMILES string of the molecule is CCOC(=O)C1CCC(=O)CC1=O.COC(=O)C1CCC(=O)CC1=O. The molecule has 0 N–H and O–H groups in total. The first-order chi connectivity index (χ1) is 11.8. The van der Waals surface area contributed by atoms with Crippen molar-refractivity contribution in [1.82, 2.24) is 0 Å². The molecule has 2 aliphatic rings. The van der Waals surface area contributed by atoms with Crippen LogP contribution in [0.2, 0.25) is 0 Å². The molecule has 0 aromatic rings. The number of methoxy groups -OCH3 is 1. The molecular formula is C17H22O8. The molecule has 2 atom stereocenters. The molecule has 0 radical (unpaired) electrons. The standard InChI is InChI=1S/C9H12O4.C8H10O4/c1-2-13-9(12)7-4-3-6(10)5-8(7)11;1-12-8(11)6-3-2-5(9)4-7(6)10/h7H,2-5H2,1H3;6H,2-4H2,1H3. The molecule has 2 fully saturated rings. The number of ketones is 4. The second-order valence-corrected chi connectivity index (χ2v) is 5.82. The Morgan fingerprint density at radius 2 is 1.32 bits per heavy atom. The first-order valence-electron chi connectivity index (χ1n) is 8.13. The zero-order valence-electron chi connectivity index (χ0n) is 14.4. The zero-order chi connectivity index (χ0) is 19.0. The van der Waals surface area contributed by atoms with E-state index in [9.17, 15) is 28.8 Å². The van der Waals surface area contributed by atoms with Crippen LogP contribution in [0.15, 0.2) is 0 Å². The summed E-state index contributed by atoms with van der Waals surface area (Å²) in [7, 11) is 1.24. The van der Waals surface area contributed by atoms with Gasteiger partial charge in [-0.15, -0.1) is 0 Å². The Balaban J connectivity index is 0.000000251. The van der Waals surface area contributed by atoms with Crippen molar-refractivity contribution in [3.63, 3.8) is 0 Å². The van der Waals surface area contributed by atoms with E-state index >= 15 is 0 Å². The van der Waals surface area contributed by atoms with Gasteiger partial charge < -0.3 is 9.47 Å². The molecule has 8 nitrogen and oxygen atoms in total. The largest absolute Gasteiger partial charge is 0.468 e. The van der Waals surface area contributed by atoms with Crippen molar-refractivity contribution < 1.29 is 38.2 Å². The van der Waals surface area contributed by atoms with Crippen molar-refractivity contribution in [1.29, 1.82) is 0 Å². The number of ether oxygens (including phenoxy) is 2. The van der Waals surface area contributed by atoms with Crippen molar-refractivity contribution in [2.45, 2.75) is 45.4 Å². The van der Waals surface area contributed by atoms with Gasteiger partial charge in [-0.05, 0) is 19.8 Å². The molecule has 2 aliphatic carbocycles. The van der Waals surface area contributed by atoms with Crippen LogP contribution in [0.25, 0.3) is 0 Å². The summed E-state index contributed by atoms with van der Waals surface area (Å²) in [5, 5.41) is 0. The zero-order valence-corrected chi connectivity index (χ0v) is 14.4. The van der Waals surface area contributed by atoms with Crippen molar-refractivity contribution in [2.24, 2.45) is 11.8 Å². The molecule has 0 saturated heterocycles. The Kier molecular flexibility index (Phi) is 8.10. The lowest BCUT2D eigenvalue weighted by Gasteiger charge is -2.17. The van der Waals surface area contributed by atoms with E-state index in [0.717, 1.165) is 0 Å². The molecule has 0 amide bonds. The van der Waals surface area contributed by atoms with Gasteiger partial charge in [-0.1, -0.05) is 0 Å². The average Bonchev–Trinajstić information content (AvgIpc) is 2.55. The van der Waals surface area contributed by atoms with Crippen LogP contribution in [-0.2, 0) is 38.2 Å². The quantitative estimate of drug-likeness (QED) is 0.533. The lowest BCUT2D eigenvalue weighted by molar-refractivity contribution is -0.154. The fraction of sp³-hybridized carbons (Fsp3) is 0.647. The molecule has 0 aliphatic heterocycles. The molecule has 8 heteroatoms. The predicted molar refractivity (Wildman–Crippen MR) is 83.4 cm³/mol. The van der Waals surface area contributed by atoms with Gasteiger partial charge in [0.25, 0.3) is 0 Å². The van der Waals surface area contributed by atoms with Crippen LogP contribution < -0.4 is 0 Å². The van der Waals surface area contributed by atoms with Gasteiger partial charge in [0.05, 0.1) is 26.6 Å². The van der Waals surface area contributed by atoms with E-state index in [2.05, 4.69) is 4.74 Å². The summed E-state index contributed by atoms with van der Waals surface area (Å²) in [5.41, 5.74) is 0. The summed E-state index contributed by atoms with van der Waals surface area (Å²) in [4.78, 5) is 66.0. The number of carbonyl (C=O) groups excluding carboxylic acids is 6. The van der Waals surface area contributed by atoms with Gasteiger partial charge in [-0.25, -0.2) is 0 Å². The molecule has 0 heterocycles. The van der Waals surface area contributed by atoms with Gasteiger partial charge in [0.15, 0.2) is 11.6 Å². The van der Waals surface area contributed by atoms with Crippen LogP contribution in [0.5, 0.6) is 0 Å². The highest BCUT2D eigenvalue weighted by Crippen LogP contribution is 2.20. The smallest absolute Gasteiger partial charge is 0.316 e. The maximum atomic E-state index is 11.2. The van der Waals surface area contributed by atoms with E-state index < -0.39 is 23.8 Å². The van der Waals surface area contributed by atoms with Crippen molar-refractivity contribution in [3.05, 3.63) is 0 Å². The van der Waals surface area contributed by atoms with Gasteiger partial charge in [-0.2, -0.15) is 0 Å². The predicted octanol–water partition coefficient (Wildman–Crippen LogP) is 0.586. The molecule has 2 unspecified atom stereocenters. The molecule has 2 saturated carbocycles. The monoisotopic (exact) mass is 354 g/mol. The highest BCUT2D eigenvalue weighted by molar-refractivity contribution is 6.10. The van der Waals surface area contributed by atoms with Gasteiger partial charge in [0.1, 0.15) is 23.4 Å². The third kappa shape index (κ3) is 6.21. The van der Waals surface area contributed by atoms with Gasteiger partial charge in [-0.3, -0.25) is 28.8 Å². The Hall–Kier alpha value is -2.38. The Morgan fingerprint density at radius 1 is 0.880 bits per heavy atom. The summed E-state index contributed by atoms with van der Waals surface area (Å²) in [6.45, 7) is 1.97. The molecule has 0 bridgehead atoms. The van der Waals surface area contributed by atoms with Crippen molar-refractivity contribution in [2.75, 3.05) is 13.7 Å². The molecule has 25 heavy (non-hydrogen) atoms. The minimum absolute atomic E-state index is 0.0782. The summed E-state index contributed by atoms with van der Waals surface area (Å²) >= 11 is 0. The van der Waals surface area contributed by atoms with Crippen molar-refractivity contribution in [3.8, 4) is 0 Å². The van der Waals surface area contributed by atoms with E-state index in [4.69, 9.17) is 4.74 Å². The van der Waals surface area contributed by atoms with E-state index in [1.807, 2.05) is 0 Å². The van der Waals surface area contributed by atoms with Crippen LogP contribution in [0.4, 0.5) is 0 Å². The topological polar surface area (TPSA) is 121 Å². The highest BCUT2D eigenvalue weighted by atomic mass is 16.5. The third-order valence-electron chi connectivity index (χ3n) is 4.00. The average molecular weight is 354 g/mol. The molecule has 2 rings (SSSR count).